The first-order valence-corrected chi connectivity index (χ1v) is 4.53. The maximum atomic E-state index is 9.26. The van der Waals surface area contributed by atoms with Gasteiger partial charge in [-0.3, -0.25) is 0 Å². The lowest BCUT2D eigenvalue weighted by Crippen LogP contribution is -2.02. The summed E-state index contributed by atoms with van der Waals surface area (Å²) in [5, 5.41) is 24.3. The minimum atomic E-state index is -0.615. The monoisotopic (exact) mass is 209 g/mol. The van der Waals surface area contributed by atoms with Crippen molar-refractivity contribution < 1.29 is 9.74 Å². The van der Waals surface area contributed by atoms with Gasteiger partial charge in [-0.25, -0.2) is 9.31 Å². The summed E-state index contributed by atoms with van der Waals surface area (Å²) in [6.07, 6.45) is 1.05. The molecule has 1 atom stereocenters. The fraction of sp³-hybridized carbons (Fsp3) is 0.500. The van der Waals surface area contributed by atoms with Gasteiger partial charge in [0.2, 0.25) is 0 Å². The first-order chi connectivity index (χ1) is 7.16. The van der Waals surface area contributed by atoms with Crippen molar-refractivity contribution in [1.29, 1.82) is 0 Å². The highest BCUT2D eigenvalue weighted by Crippen LogP contribution is 2.08. The maximum absolute atomic E-state index is 9.26. The van der Waals surface area contributed by atoms with Gasteiger partial charge in [0, 0.05) is 0 Å². The van der Waals surface area contributed by atoms with Gasteiger partial charge in [-0.1, -0.05) is 15.5 Å². The molecule has 0 aliphatic heterocycles. The topological polar surface area (TPSA) is 89.9 Å². The molecule has 2 aromatic rings. The minimum Gasteiger partial charge on any atom is -0.387 e. The van der Waals surface area contributed by atoms with E-state index < -0.39 is 6.10 Å². The molecule has 1 N–H and O–H groups in total. The summed E-state index contributed by atoms with van der Waals surface area (Å²) < 4.78 is 6.14. The number of nitrogens with zero attached hydrogens (tertiary/aromatic N) is 5. The summed E-state index contributed by atoms with van der Waals surface area (Å²) in [7, 11) is 0. The van der Waals surface area contributed by atoms with Gasteiger partial charge in [-0.05, 0) is 13.8 Å². The summed E-state index contributed by atoms with van der Waals surface area (Å²) in [5.74, 6) is 0. The van der Waals surface area contributed by atoms with Crippen molar-refractivity contribution in [2.45, 2.75) is 26.5 Å². The fourth-order valence-corrected chi connectivity index (χ4v) is 1.13. The molecule has 0 fully saturated rings. The second-order valence-electron chi connectivity index (χ2n) is 3.31. The highest BCUT2D eigenvalue weighted by atomic mass is 16.6. The summed E-state index contributed by atoms with van der Waals surface area (Å²) in [6.45, 7) is 3.88. The highest BCUT2D eigenvalue weighted by Gasteiger charge is 2.09. The Balaban J connectivity index is 2.15. The van der Waals surface area contributed by atoms with Crippen molar-refractivity contribution in [2.24, 2.45) is 0 Å². The lowest BCUT2D eigenvalue weighted by Gasteiger charge is -1.96. The molecule has 0 aromatic carbocycles. The number of hydrogen-bond acceptors (Lipinski definition) is 6. The van der Waals surface area contributed by atoms with Crippen LogP contribution in [0.3, 0.4) is 0 Å². The van der Waals surface area contributed by atoms with Gasteiger partial charge in [-0.2, -0.15) is 0 Å². The molecule has 2 heterocycles. The van der Waals surface area contributed by atoms with Crippen molar-refractivity contribution in [2.75, 3.05) is 0 Å². The van der Waals surface area contributed by atoms with Crippen LogP contribution < -0.4 is 0 Å². The largest absolute Gasteiger partial charge is 0.387 e. The fourth-order valence-electron chi connectivity index (χ4n) is 1.13. The van der Waals surface area contributed by atoms with Gasteiger partial charge in [0.05, 0.1) is 18.8 Å². The Bertz CT molecular complexity index is 447. The van der Waals surface area contributed by atoms with E-state index >= 15 is 0 Å². The number of aliphatic hydroxyl groups is 1. The van der Waals surface area contributed by atoms with E-state index in [1.165, 1.54) is 0 Å². The van der Waals surface area contributed by atoms with Crippen LogP contribution in [0.1, 0.15) is 30.1 Å². The lowest BCUT2D eigenvalue weighted by molar-refractivity contribution is 0.194. The van der Waals surface area contributed by atoms with Crippen LogP contribution in [-0.2, 0) is 6.54 Å². The Hall–Kier alpha value is -1.76. The van der Waals surface area contributed by atoms with E-state index in [2.05, 4.69) is 25.3 Å². The Kier molecular flexibility index (Phi) is 2.46. The van der Waals surface area contributed by atoms with Crippen LogP contribution in [0, 0.1) is 6.92 Å². The van der Waals surface area contributed by atoms with Gasteiger partial charge < -0.3 is 5.11 Å². The molecule has 0 aliphatic rings. The Morgan fingerprint density at radius 2 is 2.33 bits per heavy atom. The van der Waals surface area contributed by atoms with Crippen molar-refractivity contribution in [3.8, 4) is 0 Å². The minimum absolute atomic E-state index is 0.440. The Morgan fingerprint density at radius 3 is 2.87 bits per heavy atom. The summed E-state index contributed by atoms with van der Waals surface area (Å²) >= 11 is 0. The molecule has 2 rings (SSSR count). The normalized spacial score (nSPS) is 13.0. The second kappa shape index (κ2) is 3.77. The van der Waals surface area contributed by atoms with Crippen LogP contribution in [0.5, 0.6) is 0 Å². The van der Waals surface area contributed by atoms with E-state index in [0.29, 0.717) is 17.9 Å². The SMILES string of the molecule is Cc1nonc1Cn1cc(C(C)O)nn1. The molecule has 80 valence electrons. The molecule has 2 aromatic heterocycles. The van der Waals surface area contributed by atoms with E-state index in [-0.39, 0.29) is 0 Å². The summed E-state index contributed by atoms with van der Waals surface area (Å²) in [5.41, 5.74) is 1.96. The molecule has 0 spiro atoms. The molecule has 1 unspecified atom stereocenters. The van der Waals surface area contributed by atoms with E-state index in [1.807, 2.05) is 0 Å². The van der Waals surface area contributed by atoms with Gasteiger partial charge >= 0.3 is 0 Å². The van der Waals surface area contributed by atoms with Crippen molar-refractivity contribution in [3.63, 3.8) is 0 Å². The number of aryl methyl sites for hydroxylation is 1. The smallest absolute Gasteiger partial charge is 0.129 e. The lowest BCUT2D eigenvalue weighted by atomic mass is 10.3. The van der Waals surface area contributed by atoms with Crippen LogP contribution >= 0.6 is 0 Å². The third-order valence-corrected chi connectivity index (χ3v) is 2.04. The van der Waals surface area contributed by atoms with Crippen LogP contribution in [0.25, 0.3) is 0 Å². The van der Waals surface area contributed by atoms with E-state index in [0.717, 1.165) is 5.69 Å². The molecule has 15 heavy (non-hydrogen) atoms. The van der Waals surface area contributed by atoms with Gasteiger partial charge in [0.25, 0.3) is 0 Å². The average molecular weight is 209 g/mol. The zero-order valence-corrected chi connectivity index (χ0v) is 8.45. The molecular weight excluding hydrogens is 198 g/mol. The zero-order chi connectivity index (χ0) is 10.8. The van der Waals surface area contributed by atoms with Gasteiger partial charge in [0.1, 0.15) is 17.1 Å². The molecule has 0 saturated heterocycles. The Labute approximate surface area is 85.7 Å². The first kappa shape index (κ1) is 9.78. The number of aliphatic hydroxyl groups excluding tert-OH is 1. The quantitative estimate of drug-likeness (QED) is 0.769. The number of rotatable bonds is 3. The molecule has 7 nitrogen and oxygen atoms in total. The van der Waals surface area contributed by atoms with Gasteiger partial charge in [-0.15, -0.1) is 5.10 Å². The van der Waals surface area contributed by atoms with Crippen LogP contribution in [0.2, 0.25) is 0 Å². The third kappa shape index (κ3) is 2.01. The third-order valence-electron chi connectivity index (χ3n) is 2.04. The maximum Gasteiger partial charge on any atom is 0.129 e. The van der Waals surface area contributed by atoms with Crippen LogP contribution in [-0.4, -0.2) is 30.4 Å². The van der Waals surface area contributed by atoms with E-state index in [4.69, 9.17) is 0 Å². The first-order valence-electron chi connectivity index (χ1n) is 4.53. The van der Waals surface area contributed by atoms with Crippen molar-refractivity contribution >= 4 is 0 Å². The molecular formula is C8H11N5O2. The van der Waals surface area contributed by atoms with E-state index in [1.54, 1.807) is 24.7 Å². The highest BCUT2D eigenvalue weighted by molar-refractivity contribution is 5.05. The van der Waals surface area contributed by atoms with Crippen molar-refractivity contribution in [1.82, 2.24) is 25.3 Å². The average Bonchev–Trinajstić information content (AvgIpc) is 2.77. The standard InChI is InChI=1S/C8H11N5O2/c1-5-7(11-15-10-5)3-13-4-8(6(2)14)9-12-13/h4,6,14H,3H2,1-2H3. The predicted molar refractivity (Wildman–Crippen MR) is 48.8 cm³/mol. The molecule has 7 heteroatoms. The number of aromatic nitrogens is 5. The molecule has 0 amide bonds. The molecule has 0 aliphatic carbocycles. The van der Waals surface area contributed by atoms with Crippen LogP contribution in [0.4, 0.5) is 0 Å². The number of hydrogen-bond donors (Lipinski definition) is 1. The summed E-state index contributed by atoms with van der Waals surface area (Å²) in [4.78, 5) is 0. The van der Waals surface area contributed by atoms with E-state index in [9.17, 15) is 5.11 Å². The molecule has 0 bridgehead atoms. The zero-order valence-electron chi connectivity index (χ0n) is 8.45. The Morgan fingerprint density at radius 1 is 1.53 bits per heavy atom. The molecule has 0 saturated carbocycles. The van der Waals surface area contributed by atoms with Crippen molar-refractivity contribution in [3.05, 3.63) is 23.3 Å². The second-order valence-corrected chi connectivity index (χ2v) is 3.31. The van der Waals surface area contributed by atoms with Crippen LogP contribution in [0.15, 0.2) is 10.8 Å². The predicted octanol–water partition coefficient (Wildman–Crippen LogP) is 0.0711. The molecule has 0 radical (unpaired) electrons. The summed E-state index contributed by atoms with van der Waals surface area (Å²) in [6, 6.07) is 0. The van der Waals surface area contributed by atoms with Gasteiger partial charge in [0.15, 0.2) is 0 Å².